The number of nitrogens with one attached hydrogen (secondary N) is 2. The quantitative estimate of drug-likeness (QED) is 0.911. The molecule has 0 bridgehead atoms. The van der Waals surface area contributed by atoms with E-state index in [1.807, 2.05) is 31.2 Å². The molecule has 0 fully saturated rings. The zero-order valence-electron chi connectivity index (χ0n) is 12.4. The van der Waals surface area contributed by atoms with Crippen LogP contribution in [-0.4, -0.2) is 25.7 Å². The third-order valence-corrected chi connectivity index (χ3v) is 3.33. The molecule has 1 aliphatic rings. The summed E-state index contributed by atoms with van der Waals surface area (Å²) in [6.07, 6.45) is 0. The number of aryl methyl sites for hydroxylation is 1. The Balaban J connectivity index is 1.56. The lowest BCUT2D eigenvalue weighted by atomic mass is 10.2. The Morgan fingerprint density at radius 1 is 1.00 bits per heavy atom. The summed E-state index contributed by atoms with van der Waals surface area (Å²) in [6, 6.07) is 13.3. The van der Waals surface area contributed by atoms with E-state index in [0.29, 0.717) is 30.4 Å². The van der Waals surface area contributed by atoms with Crippen molar-refractivity contribution in [2.24, 2.45) is 0 Å². The first-order valence-corrected chi connectivity index (χ1v) is 7.21. The van der Waals surface area contributed by atoms with Crippen molar-refractivity contribution in [1.29, 1.82) is 0 Å². The van der Waals surface area contributed by atoms with Crippen LogP contribution in [0.2, 0.25) is 0 Å². The summed E-state index contributed by atoms with van der Waals surface area (Å²) in [4.78, 5) is 12.0. The van der Waals surface area contributed by atoms with Crippen LogP contribution in [0.4, 0.5) is 11.4 Å². The van der Waals surface area contributed by atoms with Crippen LogP contribution in [0.1, 0.15) is 5.56 Å². The molecular formula is C17H18N2O3. The van der Waals surface area contributed by atoms with Crippen molar-refractivity contribution >= 4 is 17.3 Å². The van der Waals surface area contributed by atoms with Gasteiger partial charge in [-0.05, 0) is 31.2 Å². The molecule has 2 N–H and O–H groups in total. The maximum atomic E-state index is 12.0. The minimum Gasteiger partial charge on any atom is -0.486 e. The van der Waals surface area contributed by atoms with Crippen LogP contribution >= 0.6 is 0 Å². The zero-order valence-corrected chi connectivity index (χ0v) is 12.4. The van der Waals surface area contributed by atoms with Gasteiger partial charge in [-0.25, -0.2) is 0 Å². The van der Waals surface area contributed by atoms with Crippen molar-refractivity contribution in [3.05, 3.63) is 48.0 Å². The van der Waals surface area contributed by atoms with E-state index in [0.717, 1.165) is 5.69 Å². The van der Waals surface area contributed by atoms with E-state index < -0.39 is 0 Å². The predicted octanol–water partition coefficient (Wildman–Crippen LogP) is 2.82. The summed E-state index contributed by atoms with van der Waals surface area (Å²) in [6.45, 7) is 3.31. The fourth-order valence-corrected chi connectivity index (χ4v) is 2.18. The van der Waals surface area contributed by atoms with Crippen LogP contribution in [0, 0.1) is 6.92 Å². The van der Waals surface area contributed by atoms with Gasteiger partial charge in [0.15, 0.2) is 11.5 Å². The van der Waals surface area contributed by atoms with Crippen LogP contribution < -0.4 is 20.1 Å². The second-order valence-electron chi connectivity index (χ2n) is 5.13. The highest BCUT2D eigenvalue weighted by atomic mass is 16.6. The molecule has 0 saturated carbocycles. The van der Waals surface area contributed by atoms with E-state index in [4.69, 9.17) is 9.47 Å². The average molecular weight is 298 g/mol. The van der Waals surface area contributed by atoms with E-state index in [-0.39, 0.29) is 12.5 Å². The van der Waals surface area contributed by atoms with E-state index >= 15 is 0 Å². The lowest BCUT2D eigenvalue weighted by Crippen LogP contribution is -2.22. The second-order valence-corrected chi connectivity index (χ2v) is 5.13. The van der Waals surface area contributed by atoms with Gasteiger partial charge in [0.05, 0.1) is 6.54 Å². The lowest BCUT2D eigenvalue weighted by Gasteiger charge is -2.19. The molecule has 3 rings (SSSR count). The van der Waals surface area contributed by atoms with Crippen molar-refractivity contribution in [2.45, 2.75) is 6.92 Å². The molecule has 5 heteroatoms. The van der Waals surface area contributed by atoms with Crippen molar-refractivity contribution in [3.8, 4) is 11.5 Å². The van der Waals surface area contributed by atoms with Gasteiger partial charge in [-0.3, -0.25) is 4.79 Å². The molecule has 2 aromatic rings. The van der Waals surface area contributed by atoms with E-state index in [9.17, 15) is 4.79 Å². The molecule has 0 spiro atoms. The van der Waals surface area contributed by atoms with Crippen molar-refractivity contribution < 1.29 is 14.3 Å². The molecule has 0 radical (unpaired) electrons. The van der Waals surface area contributed by atoms with Gasteiger partial charge in [-0.15, -0.1) is 0 Å². The zero-order chi connectivity index (χ0) is 15.4. The van der Waals surface area contributed by atoms with Gasteiger partial charge >= 0.3 is 0 Å². The third-order valence-electron chi connectivity index (χ3n) is 3.33. The number of ether oxygens (including phenoxy) is 2. The van der Waals surface area contributed by atoms with Crippen molar-refractivity contribution in [1.82, 2.24) is 0 Å². The fraction of sp³-hybridized carbons (Fsp3) is 0.235. The summed E-state index contributed by atoms with van der Waals surface area (Å²) in [5.41, 5.74) is 2.80. The minimum absolute atomic E-state index is 0.114. The number of hydrogen-bond acceptors (Lipinski definition) is 4. The van der Waals surface area contributed by atoms with Crippen LogP contribution in [0.15, 0.2) is 42.5 Å². The molecule has 1 heterocycles. The molecule has 22 heavy (non-hydrogen) atoms. The van der Waals surface area contributed by atoms with Crippen LogP contribution in [0.25, 0.3) is 0 Å². The lowest BCUT2D eigenvalue weighted by molar-refractivity contribution is -0.114. The summed E-state index contributed by atoms with van der Waals surface area (Å²) in [7, 11) is 0. The van der Waals surface area contributed by atoms with Gasteiger partial charge in [0.25, 0.3) is 0 Å². The predicted molar refractivity (Wildman–Crippen MR) is 85.7 cm³/mol. The monoisotopic (exact) mass is 298 g/mol. The van der Waals surface area contributed by atoms with E-state index in [1.165, 1.54) is 5.56 Å². The normalized spacial score (nSPS) is 12.6. The number of carbonyl (C=O) groups excluding carboxylic acids is 1. The van der Waals surface area contributed by atoms with Gasteiger partial charge in [-0.1, -0.05) is 17.7 Å². The SMILES string of the molecule is Cc1ccc(NCC(=O)Nc2ccc3c(c2)OCCO3)cc1. The Bertz CT molecular complexity index is 668. The number of anilines is 2. The molecule has 0 aliphatic carbocycles. The number of benzene rings is 2. The van der Waals surface area contributed by atoms with Crippen LogP contribution in [-0.2, 0) is 4.79 Å². The molecule has 0 unspecified atom stereocenters. The smallest absolute Gasteiger partial charge is 0.243 e. The maximum Gasteiger partial charge on any atom is 0.243 e. The first-order chi connectivity index (χ1) is 10.7. The van der Waals surface area contributed by atoms with Gasteiger partial charge < -0.3 is 20.1 Å². The number of amides is 1. The molecule has 2 aromatic carbocycles. The van der Waals surface area contributed by atoms with Gasteiger partial charge in [0, 0.05) is 17.4 Å². The number of rotatable bonds is 4. The molecule has 1 amide bonds. The van der Waals surface area contributed by atoms with E-state index in [1.54, 1.807) is 18.2 Å². The minimum atomic E-state index is -0.114. The summed E-state index contributed by atoms with van der Waals surface area (Å²) in [5.74, 6) is 1.26. The largest absolute Gasteiger partial charge is 0.486 e. The molecule has 0 aromatic heterocycles. The first-order valence-electron chi connectivity index (χ1n) is 7.21. The van der Waals surface area contributed by atoms with E-state index in [2.05, 4.69) is 10.6 Å². The first kappa shape index (κ1) is 14.3. The summed E-state index contributed by atoms with van der Waals surface area (Å²) >= 11 is 0. The highest BCUT2D eigenvalue weighted by Crippen LogP contribution is 2.32. The Labute approximate surface area is 129 Å². The van der Waals surface area contributed by atoms with Gasteiger partial charge in [0.2, 0.25) is 5.91 Å². The second kappa shape index (κ2) is 6.39. The fourth-order valence-electron chi connectivity index (χ4n) is 2.18. The summed E-state index contributed by atoms with van der Waals surface area (Å²) < 4.78 is 10.9. The summed E-state index contributed by atoms with van der Waals surface area (Å²) in [5, 5.41) is 5.92. The standard InChI is InChI=1S/C17H18N2O3/c1-12-2-4-13(5-3-12)18-11-17(20)19-14-6-7-15-16(10-14)22-9-8-21-15/h2-7,10,18H,8-9,11H2,1H3,(H,19,20). The Hall–Kier alpha value is -2.69. The molecule has 114 valence electrons. The molecule has 5 nitrogen and oxygen atoms in total. The molecule has 1 aliphatic heterocycles. The molecule has 0 saturated heterocycles. The van der Waals surface area contributed by atoms with Crippen LogP contribution in [0.5, 0.6) is 11.5 Å². The Kier molecular flexibility index (Phi) is 4.14. The number of hydrogen-bond donors (Lipinski definition) is 2. The van der Waals surface area contributed by atoms with Crippen molar-refractivity contribution in [2.75, 3.05) is 30.4 Å². The topological polar surface area (TPSA) is 59.6 Å². The molecule has 0 atom stereocenters. The number of carbonyl (C=O) groups is 1. The third kappa shape index (κ3) is 3.49. The maximum absolute atomic E-state index is 12.0. The average Bonchev–Trinajstić information content (AvgIpc) is 2.54. The highest BCUT2D eigenvalue weighted by molar-refractivity contribution is 5.94. The molecular weight excluding hydrogens is 280 g/mol. The van der Waals surface area contributed by atoms with Crippen LogP contribution in [0.3, 0.4) is 0 Å². The van der Waals surface area contributed by atoms with Gasteiger partial charge in [0.1, 0.15) is 13.2 Å². The van der Waals surface area contributed by atoms with Crippen molar-refractivity contribution in [3.63, 3.8) is 0 Å². The van der Waals surface area contributed by atoms with Gasteiger partial charge in [-0.2, -0.15) is 0 Å². The Morgan fingerprint density at radius 3 is 2.45 bits per heavy atom. The highest BCUT2D eigenvalue weighted by Gasteiger charge is 2.12. The number of fused-ring (bicyclic) bond motifs is 1. The Morgan fingerprint density at radius 2 is 1.68 bits per heavy atom.